The van der Waals surface area contributed by atoms with Crippen molar-refractivity contribution in [2.45, 2.75) is 136 Å². The Balaban J connectivity index is 1.31. The van der Waals surface area contributed by atoms with E-state index in [1.54, 1.807) is 0 Å². The van der Waals surface area contributed by atoms with E-state index in [0.717, 1.165) is 0 Å². The van der Waals surface area contributed by atoms with Gasteiger partial charge in [-0.3, -0.25) is 0 Å². The van der Waals surface area contributed by atoms with E-state index in [2.05, 4.69) is 208 Å². The summed E-state index contributed by atoms with van der Waals surface area (Å²) in [6.07, 6.45) is 6.48. The zero-order chi connectivity index (χ0) is 41.2. The van der Waals surface area contributed by atoms with Gasteiger partial charge in [-0.05, 0) is 138 Å². The molecule has 1 nitrogen and oxygen atoms in total. The van der Waals surface area contributed by atoms with E-state index in [4.69, 9.17) is 0 Å². The number of fused-ring (bicyclic) bond motifs is 3. The fourth-order valence-corrected chi connectivity index (χ4v) is 9.59. The SMILES string of the molecule is CC(C)(C)c1cc(-c2cccc(N(c3ccc4c(c3)C(C)(C)c3ccccc3-4)c3ccccc3C3CCCCC3)c2)cc(-c2cc(C(C)(C)C)cc(C(C)(C)C)c2)c1. The van der Waals surface area contributed by atoms with Gasteiger partial charge >= 0.3 is 0 Å². The van der Waals surface area contributed by atoms with Gasteiger partial charge in [-0.1, -0.05) is 186 Å². The van der Waals surface area contributed by atoms with Crippen LogP contribution in [0.25, 0.3) is 33.4 Å². The number of nitrogens with zero attached hydrogens (tertiary/aromatic N) is 1. The lowest BCUT2D eigenvalue weighted by Crippen LogP contribution is -2.18. The van der Waals surface area contributed by atoms with Crippen LogP contribution >= 0.6 is 0 Å². The summed E-state index contributed by atoms with van der Waals surface area (Å²) in [7, 11) is 0. The predicted octanol–water partition coefficient (Wildman–Crippen LogP) is 16.7. The van der Waals surface area contributed by atoms with Gasteiger partial charge in [0.2, 0.25) is 0 Å². The maximum Gasteiger partial charge on any atom is 0.0496 e. The van der Waals surface area contributed by atoms with Gasteiger partial charge in [0.1, 0.15) is 0 Å². The second kappa shape index (κ2) is 14.7. The van der Waals surface area contributed by atoms with Crippen LogP contribution in [0, 0.1) is 0 Å². The molecule has 0 N–H and O–H groups in total. The van der Waals surface area contributed by atoms with Gasteiger partial charge in [0.25, 0.3) is 0 Å². The molecule has 0 radical (unpaired) electrons. The summed E-state index contributed by atoms with van der Waals surface area (Å²) < 4.78 is 0. The molecule has 6 aromatic rings. The van der Waals surface area contributed by atoms with Crippen LogP contribution < -0.4 is 4.90 Å². The summed E-state index contributed by atoms with van der Waals surface area (Å²) in [5, 5.41) is 0. The molecule has 1 fully saturated rings. The Morgan fingerprint density at radius 3 is 1.64 bits per heavy atom. The molecule has 0 amide bonds. The molecule has 0 unspecified atom stereocenters. The third-order valence-corrected chi connectivity index (χ3v) is 13.3. The molecule has 1 heteroatoms. The highest BCUT2D eigenvalue weighted by atomic mass is 15.1. The van der Waals surface area contributed by atoms with E-state index in [0.29, 0.717) is 5.92 Å². The Morgan fingerprint density at radius 1 is 0.448 bits per heavy atom. The first-order valence-corrected chi connectivity index (χ1v) is 22.0. The average molecular weight is 764 g/mol. The molecule has 8 rings (SSSR count). The highest BCUT2D eigenvalue weighted by Crippen LogP contribution is 2.52. The van der Waals surface area contributed by atoms with Gasteiger partial charge in [0.05, 0.1) is 0 Å². The highest BCUT2D eigenvalue weighted by Gasteiger charge is 2.36. The van der Waals surface area contributed by atoms with Crippen molar-refractivity contribution in [2.75, 3.05) is 4.90 Å². The number of rotatable bonds is 6. The summed E-state index contributed by atoms with van der Waals surface area (Å²) in [4.78, 5) is 2.57. The van der Waals surface area contributed by atoms with Crippen molar-refractivity contribution in [1.29, 1.82) is 0 Å². The number of anilines is 3. The first kappa shape index (κ1) is 39.9. The van der Waals surface area contributed by atoms with Gasteiger partial charge in [-0.15, -0.1) is 0 Å². The molecule has 0 spiro atoms. The predicted molar refractivity (Wildman–Crippen MR) is 251 cm³/mol. The van der Waals surface area contributed by atoms with Gasteiger partial charge < -0.3 is 4.90 Å². The summed E-state index contributed by atoms with van der Waals surface area (Å²) in [6, 6.07) is 49.5. The third-order valence-electron chi connectivity index (χ3n) is 13.3. The van der Waals surface area contributed by atoms with Crippen LogP contribution in [0.4, 0.5) is 17.1 Å². The van der Waals surface area contributed by atoms with E-state index in [1.165, 1.54) is 116 Å². The third kappa shape index (κ3) is 7.58. The second-order valence-electron chi connectivity index (χ2n) is 21.0. The summed E-state index contributed by atoms with van der Waals surface area (Å²) in [5.41, 5.74) is 19.9. The summed E-state index contributed by atoms with van der Waals surface area (Å²) in [5.74, 6) is 0.568. The van der Waals surface area contributed by atoms with Crippen molar-refractivity contribution in [3.8, 4) is 33.4 Å². The van der Waals surface area contributed by atoms with Crippen LogP contribution in [0.2, 0.25) is 0 Å². The van der Waals surface area contributed by atoms with Crippen molar-refractivity contribution in [3.05, 3.63) is 161 Å². The lowest BCUT2D eigenvalue weighted by Gasteiger charge is -2.33. The molecule has 1 saturated carbocycles. The molecule has 0 saturated heterocycles. The van der Waals surface area contributed by atoms with Gasteiger partial charge in [-0.2, -0.15) is 0 Å². The average Bonchev–Trinajstić information content (AvgIpc) is 3.43. The van der Waals surface area contributed by atoms with E-state index >= 15 is 0 Å². The molecule has 6 aromatic carbocycles. The van der Waals surface area contributed by atoms with E-state index < -0.39 is 0 Å². The Morgan fingerprint density at radius 2 is 0.983 bits per heavy atom. The zero-order valence-corrected chi connectivity index (χ0v) is 37.2. The minimum Gasteiger partial charge on any atom is -0.310 e. The Kier molecular flexibility index (Phi) is 10.1. The summed E-state index contributed by atoms with van der Waals surface area (Å²) >= 11 is 0. The fraction of sp³-hybridized carbons (Fsp3) is 0.368. The van der Waals surface area contributed by atoms with E-state index in [1.807, 2.05) is 0 Å². The highest BCUT2D eigenvalue weighted by molar-refractivity contribution is 5.87. The summed E-state index contributed by atoms with van der Waals surface area (Å²) in [6.45, 7) is 25.8. The molecule has 0 aliphatic heterocycles. The topological polar surface area (TPSA) is 3.24 Å². The van der Waals surface area contributed by atoms with Crippen molar-refractivity contribution >= 4 is 17.1 Å². The van der Waals surface area contributed by atoms with Crippen molar-refractivity contribution in [1.82, 2.24) is 0 Å². The van der Waals surface area contributed by atoms with Crippen LogP contribution in [-0.2, 0) is 21.7 Å². The maximum atomic E-state index is 2.57. The van der Waals surface area contributed by atoms with Crippen LogP contribution in [0.15, 0.2) is 127 Å². The van der Waals surface area contributed by atoms with Crippen LogP contribution in [0.1, 0.15) is 148 Å². The first-order valence-electron chi connectivity index (χ1n) is 22.0. The second-order valence-corrected chi connectivity index (χ2v) is 21.0. The molecule has 58 heavy (non-hydrogen) atoms. The molecule has 298 valence electrons. The normalized spacial score (nSPS) is 15.6. The van der Waals surface area contributed by atoms with Crippen molar-refractivity contribution in [2.24, 2.45) is 0 Å². The number of hydrogen-bond donors (Lipinski definition) is 0. The molecule has 0 heterocycles. The standard InChI is InChI=1S/C57H65N/c1-54(2,3)43-31-40(30-41(32-43)42-33-44(55(4,5)6)36-45(34-42)56(7,8)9)39-22-19-23-46(35-39)58(53-27-18-16-24-48(53)38-20-13-12-14-21-38)47-28-29-50-49-25-15-17-26-51(49)57(10,11)52(50)37-47/h15-19,22-38H,12-14,20-21H2,1-11H3. The molecule has 0 atom stereocenters. The smallest absolute Gasteiger partial charge is 0.0496 e. The van der Waals surface area contributed by atoms with Gasteiger partial charge in [0, 0.05) is 22.5 Å². The monoisotopic (exact) mass is 764 g/mol. The van der Waals surface area contributed by atoms with E-state index in [9.17, 15) is 0 Å². The Bertz CT molecular complexity index is 2430. The van der Waals surface area contributed by atoms with Crippen molar-refractivity contribution < 1.29 is 0 Å². The number of para-hydroxylation sites is 1. The zero-order valence-electron chi connectivity index (χ0n) is 37.2. The minimum atomic E-state index is -0.0840. The maximum absolute atomic E-state index is 2.57. The number of benzene rings is 6. The fourth-order valence-electron chi connectivity index (χ4n) is 9.59. The molecular formula is C57H65N. The molecule has 0 bridgehead atoms. The lowest BCUT2D eigenvalue weighted by atomic mass is 9.78. The molecule has 2 aliphatic rings. The first-order chi connectivity index (χ1) is 27.4. The van der Waals surface area contributed by atoms with Crippen LogP contribution in [0.3, 0.4) is 0 Å². The number of hydrogen-bond acceptors (Lipinski definition) is 1. The van der Waals surface area contributed by atoms with Crippen LogP contribution in [0.5, 0.6) is 0 Å². The van der Waals surface area contributed by atoms with Gasteiger partial charge in [0.15, 0.2) is 0 Å². The van der Waals surface area contributed by atoms with E-state index in [-0.39, 0.29) is 21.7 Å². The lowest BCUT2D eigenvalue weighted by molar-refractivity contribution is 0.444. The Hall–Kier alpha value is -4.88. The molecular weight excluding hydrogens is 699 g/mol. The van der Waals surface area contributed by atoms with Gasteiger partial charge in [-0.25, -0.2) is 0 Å². The van der Waals surface area contributed by atoms with Crippen molar-refractivity contribution in [3.63, 3.8) is 0 Å². The molecule has 0 aromatic heterocycles. The quantitative estimate of drug-likeness (QED) is 0.163. The molecule has 2 aliphatic carbocycles. The Labute approximate surface area is 350 Å². The van der Waals surface area contributed by atoms with Crippen LogP contribution in [-0.4, -0.2) is 0 Å². The minimum absolute atomic E-state index is 0.0172. The largest absolute Gasteiger partial charge is 0.310 e.